The van der Waals surface area contributed by atoms with Crippen LogP contribution >= 0.6 is 0 Å². The first-order chi connectivity index (χ1) is 17.0. The van der Waals surface area contributed by atoms with Crippen LogP contribution in [-0.4, -0.2) is 26.0 Å². The van der Waals surface area contributed by atoms with Gasteiger partial charge in [-0.3, -0.25) is 9.10 Å². The first kappa shape index (κ1) is 25.5. The fourth-order valence-electron chi connectivity index (χ4n) is 4.04. The molecule has 1 aliphatic rings. The molecule has 0 amide bonds. The maximum Gasteiger partial charge on any atom is 0.416 e. The molecule has 36 heavy (non-hydrogen) atoms. The molecule has 0 saturated carbocycles. The summed E-state index contributed by atoms with van der Waals surface area (Å²) in [5.74, 6) is -1.51. The number of carbonyl (C=O) groups is 1. The standard InChI is InChI=1S/C25H21F4NO5S/c26-22-14-20(9-7-16(22)8-10-23(31)32)35-15-18-4-1-3-17-11-12-30(24(17)18)36(33,34)21-6-2-5-19(13-21)25(27,28)29/h1-7,9,13-14H,8,10-12,15H2,(H,31,32). The molecule has 1 aliphatic heterocycles. The second-order valence-electron chi connectivity index (χ2n) is 8.21. The zero-order valence-electron chi connectivity index (χ0n) is 18.8. The van der Waals surface area contributed by atoms with Crippen molar-refractivity contribution in [3.8, 4) is 5.75 Å². The quantitative estimate of drug-likeness (QED) is 0.411. The molecule has 0 radical (unpaired) electrons. The first-order valence-corrected chi connectivity index (χ1v) is 12.3. The molecule has 0 unspecified atom stereocenters. The molecule has 6 nitrogen and oxygen atoms in total. The molecule has 0 bridgehead atoms. The molecule has 0 atom stereocenters. The predicted octanol–water partition coefficient (Wildman–Crippen LogP) is 5.19. The van der Waals surface area contributed by atoms with Crippen molar-refractivity contribution in [3.63, 3.8) is 0 Å². The van der Waals surface area contributed by atoms with E-state index >= 15 is 0 Å². The monoisotopic (exact) mass is 523 g/mol. The zero-order valence-corrected chi connectivity index (χ0v) is 19.6. The highest BCUT2D eigenvalue weighted by molar-refractivity contribution is 7.92. The third-order valence-electron chi connectivity index (χ3n) is 5.81. The van der Waals surface area contributed by atoms with Gasteiger partial charge in [-0.1, -0.05) is 30.3 Å². The van der Waals surface area contributed by atoms with E-state index < -0.39 is 38.4 Å². The Hall–Kier alpha value is -3.60. The van der Waals surface area contributed by atoms with Gasteiger partial charge < -0.3 is 9.84 Å². The van der Waals surface area contributed by atoms with Gasteiger partial charge in [0.2, 0.25) is 0 Å². The first-order valence-electron chi connectivity index (χ1n) is 10.9. The van der Waals surface area contributed by atoms with Crippen molar-refractivity contribution in [1.29, 1.82) is 0 Å². The van der Waals surface area contributed by atoms with E-state index in [4.69, 9.17) is 9.84 Å². The number of nitrogens with zero attached hydrogens (tertiary/aromatic N) is 1. The molecule has 1 heterocycles. The molecular weight excluding hydrogens is 502 g/mol. The molecule has 0 saturated heterocycles. The Balaban J connectivity index is 1.58. The Morgan fingerprint density at radius 2 is 1.78 bits per heavy atom. The van der Waals surface area contributed by atoms with Crippen LogP contribution in [-0.2, 0) is 40.4 Å². The van der Waals surface area contributed by atoms with Crippen LogP contribution in [0.2, 0.25) is 0 Å². The van der Waals surface area contributed by atoms with Crippen molar-refractivity contribution < 1.29 is 40.6 Å². The molecule has 0 fully saturated rings. The van der Waals surface area contributed by atoms with E-state index in [0.717, 1.165) is 28.6 Å². The smallest absolute Gasteiger partial charge is 0.416 e. The van der Waals surface area contributed by atoms with E-state index in [9.17, 15) is 30.8 Å². The average molecular weight is 524 g/mol. The highest BCUT2D eigenvalue weighted by Gasteiger charge is 2.36. The van der Waals surface area contributed by atoms with Gasteiger partial charge in [-0.2, -0.15) is 13.2 Å². The Bertz CT molecular complexity index is 1410. The number of aryl methyl sites for hydroxylation is 1. The number of hydrogen-bond acceptors (Lipinski definition) is 4. The minimum atomic E-state index is -4.69. The highest BCUT2D eigenvalue weighted by Crippen LogP contribution is 2.38. The van der Waals surface area contributed by atoms with Gasteiger partial charge in [-0.05, 0) is 48.2 Å². The lowest BCUT2D eigenvalue weighted by Crippen LogP contribution is -2.30. The number of rotatable bonds is 8. The van der Waals surface area contributed by atoms with Gasteiger partial charge >= 0.3 is 12.1 Å². The number of anilines is 1. The van der Waals surface area contributed by atoms with Gasteiger partial charge in [0.15, 0.2) is 0 Å². The van der Waals surface area contributed by atoms with Gasteiger partial charge in [0, 0.05) is 24.6 Å². The number of halogens is 4. The number of hydrogen-bond donors (Lipinski definition) is 1. The second-order valence-corrected chi connectivity index (χ2v) is 10.1. The van der Waals surface area contributed by atoms with Crippen molar-refractivity contribution in [2.24, 2.45) is 0 Å². The van der Waals surface area contributed by atoms with E-state index in [-0.39, 0.29) is 37.3 Å². The van der Waals surface area contributed by atoms with E-state index in [1.54, 1.807) is 18.2 Å². The third kappa shape index (κ3) is 5.30. The van der Waals surface area contributed by atoms with E-state index in [0.29, 0.717) is 29.3 Å². The number of benzene rings is 3. The van der Waals surface area contributed by atoms with Gasteiger partial charge in [0.25, 0.3) is 10.0 Å². The fraction of sp³-hybridized carbons (Fsp3) is 0.240. The van der Waals surface area contributed by atoms with Crippen molar-refractivity contribution in [2.45, 2.75) is 36.9 Å². The molecule has 1 N–H and O–H groups in total. The Labute approximate surface area is 204 Å². The summed E-state index contributed by atoms with van der Waals surface area (Å²) in [5, 5.41) is 8.76. The Kier molecular flexibility index (Phi) is 6.94. The number of para-hydroxylation sites is 1. The van der Waals surface area contributed by atoms with Crippen LogP contribution in [0.15, 0.2) is 65.6 Å². The van der Waals surface area contributed by atoms with Crippen molar-refractivity contribution >= 4 is 21.7 Å². The molecule has 0 spiro atoms. The minimum Gasteiger partial charge on any atom is -0.489 e. The van der Waals surface area contributed by atoms with Crippen molar-refractivity contribution in [3.05, 3.63) is 88.7 Å². The SMILES string of the molecule is O=C(O)CCc1ccc(OCc2cccc3c2N(S(=O)(=O)c2cccc(C(F)(F)F)c2)CC3)cc1F. The molecule has 3 aromatic rings. The van der Waals surface area contributed by atoms with Crippen molar-refractivity contribution in [1.82, 2.24) is 0 Å². The lowest BCUT2D eigenvalue weighted by Gasteiger charge is -2.23. The van der Waals surface area contributed by atoms with Crippen LogP contribution in [0.25, 0.3) is 0 Å². The van der Waals surface area contributed by atoms with Crippen LogP contribution in [0.5, 0.6) is 5.75 Å². The Morgan fingerprint density at radius 3 is 2.47 bits per heavy atom. The Morgan fingerprint density at radius 1 is 1.03 bits per heavy atom. The van der Waals surface area contributed by atoms with Crippen LogP contribution in [0.1, 0.15) is 28.7 Å². The molecule has 3 aromatic carbocycles. The molecular formula is C25H21F4NO5S. The summed E-state index contributed by atoms with van der Waals surface area (Å²) in [6.45, 7) is -0.0659. The highest BCUT2D eigenvalue weighted by atomic mass is 32.2. The average Bonchev–Trinajstić information content (AvgIpc) is 3.27. The number of carboxylic acids is 1. The van der Waals surface area contributed by atoms with Crippen LogP contribution in [0.4, 0.5) is 23.2 Å². The van der Waals surface area contributed by atoms with Crippen molar-refractivity contribution in [2.75, 3.05) is 10.8 Å². The molecule has 0 aliphatic carbocycles. The van der Waals surface area contributed by atoms with Crippen LogP contribution in [0.3, 0.4) is 0 Å². The number of sulfonamides is 1. The minimum absolute atomic E-state index is 0.0238. The van der Waals surface area contributed by atoms with Gasteiger partial charge in [0.05, 0.1) is 16.1 Å². The van der Waals surface area contributed by atoms with Crippen LogP contribution < -0.4 is 9.04 Å². The summed E-state index contributed by atoms with van der Waals surface area (Å²) in [6.07, 6.45) is -4.51. The molecule has 0 aromatic heterocycles. The largest absolute Gasteiger partial charge is 0.489 e. The van der Waals surface area contributed by atoms with E-state index in [1.807, 2.05) is 0 Å². The summed E-state index contributed by atoms with van der Waals surface area (Å²) in [6, 6.07) is 12.7. The maximum atomic E-state index is 14.3. The summed E-state index contributed by atoms with van der Waals surface area (Å²) >= 11 is 0. The topological polar surface area (TPSA) is 83.9 Å². The van der Waals surface area contributed by atoms with Crippen LogP contribution in [0, 0.1) is 5.82 Å². The number of aliphatic carboxylic acids is 1. The molecule has 4 rings (SSSR count). The van der Waals surface area contributed by atoms with Gasteiger partial charge in [0.1, 0.15) is 18.2 Å². The zero-order chi connectivity index (χ0) is 26.1. The third-order valence-corrected chi connectivity index (χ3v) is 7.61. The number of fused-ring (bicyclic) bond motifs is 1. The van der Waals surface area contributed by atoms with E-state index in [1.165, 1.54) is 12.1 Å². The van der Waals surface area contributed by atoms with Gasteiger partial charge in [-0.25, -0.2) is 12.8 Å². The van der Waals surface area contributed by atoms with E-state index in [2.05, 4.69) is 0 Å². The molecule has 11 heteroatoms. The summed E-state index contributed by atoms with van der Waals surface area (Å²) in [5.41, 5.74) is 0.656. The molecule has 190 valence electrons. The number of carboxylic acid groups (broad SMARTS) is 1. The number of alkyl halides is 3. The maximum absolute atomic E-state index is 14.3. The summed E-state index contributed by atoms with van der Waals surface area (Å²) in [4.78, 5) is 10.2. The normalized spacial score (nSPS) is 13.5. The lowest BCUT2D eigenvalue weighted by atomic mass is 10.1. The van der Waals surface area contributed by atoms with Gasteiger partial charge in [-0.15, -0.1) is 0 Å². The fourth-order valence-corrected chi connectivity index (χ4v) is 5.63. The summed E-state index contributed by atoms with van der Waals surface area (Å²) < 4.78 is 87.2. The summed E-state index contributed by atoms with van der Waals surface area (Å²) in [7, 11) is -4.30. The predicted molar refractivity (Wildman–Crippen MR) is 123 cm³/mol. The second kappa shape index (κ2) is 9.81. The lowest BCUT2D eigenvalue weighted by molar-refractivity contribution is -0.138. The number of ether oxygens (including phenoxy) is 1.